The molecule has 1 aromatic heterocycles. The van der Waals surface area contributed by atoms with E-state index >= 15 is 0 Å². The predicted molar refractivity (Wildman–Crippen MR) is 112 cm³/mol. The minimum atomic E-state index is -0.705. The average molecular weight is 378 g/mol. The lowest BCUT2D eigenvalue weighted by molar-refractivity contribution is -0.117. The van der Waals surface area contributed by atoms with Gasteiger partial charge in [-0.25, -0.2) is 4.79 Å². The molecular weight excluding hydrogens is 352 g/mol. The third kappa shape index (κ3) is 4.91. The first-order chi connectivity index (χ1) is 13.6. The number of carbonyl (C=O) groups excluding carboxylic acids is 2. The van der Waals surface area contributed by atoms with Crippen LogP contribution < -0.4 is 16.0 Å². The molecule has 0 aliphatic heterocycles. The first-order valence-electron chi connectivity index (χ1n) is 9.54. The second-order valence-corrected chi connectivity index (χ2v) is 6.90. The van der Waals surface area contributed by atoms with Crippen molar-refractivity contribution in [2.45, 2.75) is 38.8 Å². The van der Waals surface area contributed by atoms with Crippen molar-refractivity contribution in [1.82, 2.24) is 15.6 Å². The van der Waals surface area contributed by atoms with Crippen molar-refractivity contribution >= 4 is 28.5 Å². The van der Waals surface area contributed by atoms with Crippen molar-refractivity contribution in [2.24, 2.45) is 0 Å². The van der Waals surface area contributed by atoms with Crippen LogP contribution in [0.4, 0.5) is 10.5 Å². The highest BCUT2D eigenvalue weighted by atomic mass is 16.2. The van der Waals surface area contributed by atoms with Crippen LogP contribution in [0.2, 0.25) is 0 Å². The summed E-state index contributed by atoms with van der Waals surface area (Å²) in [6, 6.07) is 16.1. The first kappa shape index (κ1) is 19.5. The molecule has 2 atom stereocenters. The summed E-state index contributed by atoms with van der Waals surface area (Å²) in [6.07, 6.45) is 3.09. The topological polar surface area (TPSA) is 86.0 Å². The summed E-state index contributed by atoms with van der Waals surface area (Å²) in [4.78, 5) is 28.5. The Morgan fingerprint density at radius 2 is 1.71 bits per heavy atom. The smallest absolute Gasteiger partial charge is 0.315 e. The van der Waals surface area contributed by atoms with E-state index in [1.807, 2.05) is 74.6 Å². The number of fused-ring (bicyclic) bond motifs is 1. The third-order valence-electron chi connectivity index (χ3n) is 4.75. The van der Waals surface area contributed by atoms with E-state index in [0.717, 1.165) is 22.9 Å². The number of nitrogens with one attached hydrogen (secondary N) is 4. The summed E-state index contributed by atoms with van der Waals surface area (Å²) < 4.78 is 0. The molecule has 0 saturated heterocycles. The van der Waals surface area contributed by atoms with Crippen LogP contribution in [0.15, 0.2) is 60.8 Å². The molecule has 1 heterocycles. The van der Waals surface area contributed by atoms with Crippen molar-refractivity contribution in [3.8, 4) is 0 Å². The van der Waals surface area contributed by atoms with Crippen molar-refractivity contribution in [2.75, 3.05) is 5.32 Å². The van der Waals surface area contributed by atoms with E-state index in [2.05, 4.69) is 20.9 Å². The first-order valence-corrected chi connectivity index (χ1v) is 9.54. The molecule has 6 heteroatoms. The predicted octanol–water partition coefficient (Wildman–Crippen LogP) is 3.82. The zero-order chi connectivity index (χ0) is 19.9. The van der Waals surface area contributed by atoms with Gasteiger partial charge < -0.3 is 20.9 Å². The molecule has 0 fully saturated rings. The monoisotopic (exact) mass is 378 g/mol. The Bertz CT molecular complexity index is 936. The van der Waals surface area contributed by atoms with Gasteiger partial charge in [0, 0.05) is 35.2 Å². The van der Waals surface area contributed by atoms with Crippen LogP contribution in [-0.2, 0) is 11.2 Å². The Balaban J connectivity index is 1.79. The molecule has 3 amide bonds. The lowest BCUT2D eigenvalue weighted by atomic mass is 10.0. The Kier molecular flexibility index (Phi) is 6.32. The number of benzene rings is 2. The van der Waals surface area contributed by atoms with Gasteiger partial charge in [0.1, 0.15) is 6.04 Å². The molecule has 0 saturated carbocycles. The Labute approximate surface area is 164 Å². The van der Waals surface area contributed by atoms with E-state index in [-0.39, 0.29) is 18.0 Å². The van der Waals surface area contributed by atoms with Crippen molar-refractivity contribution in [1.29, 1.82) is 0 Å². The van der Waals surface area contributed by atoms with Gasteiger partial charge >= 0.3 is 6.03 Å². The summed E-state index contributed by atoms with van der Waals surface area (Å²) >= 11 is 0. The van der Waals surface area contributed by atoms with Crippen LogP contribution in [-0.4, -0.2) is 29.0 Å². The molecule has 3 aromatic rings. The summed E-state index contributed by atoms with van der Waals surface area (Å²) in [6.45, 7) is 3.93. The van der Waals surface area contributed by atoms with Gasteiger partial charge in [0.15, 0.2) is 0 Å². The quantitative estimate of drug-likeness (QED) is 0.504. The van der Waals surface area contributed by atoms with Crippen LogP contribution >= 0.6 is 0 Å². The number of anilines is 1. The van der Waals surface area contributed by atoms with Crippen LogP contribution in [0.5, 0.6) is 0 Å². The zero-order valence-electron chi connectivity index (χ0n) is 16.2. The van der Waals surface area contributed by atoms with E-state index in [1.54, 1.807) is 0 Å². The van der Waals surface area contributed by atoms with E-state index in [9.17, 15) is 9.59 Å². The average Bonchev–Trinajstić information content (AvgIpc) is 3.11. The molecule has 0 aliphatic carbocycles. The SMILES string of the molecule is CCC(C)NC(=O)NC(Cc1c[nH]c2ccccc12)C(=O)Nc1ccccc1. The fourth-order valence-corrected chi connectivity index (χ4v) is 3.01. The minimum absolute atomic E-state index is 0.0333. The summed E-state index contributed by atoms with van der Waals surface area (Å²) in [5.41, 5.74) is 2.68. The number of rotatable bonds is 7. The van der Waals surface area contributed by atoms with Crippen LogP contribution in [0.3, 0.4) is 0 Å². The zero-order valence-corrected chi connectivity index (χ0v) is 16.2. The van der Waals surface area contributed by atoms with Gasteiger partial charge in [0.05, 0.1) is 0 Å². The van der Waals surface area contributed by atoms with Crippen molar-refractivity contribution < 1.29 is 9.59 Å². The Morgan fingerprint density at radius 3 is 2.46 bits per heavy atom. The van der Waals surface area contributed by atoms with Gasteiger partial charge in [-0.3, -0.25) is 4.79 Å². The molecule has 6 nitrogen and oxygen atoms in total. The molecule has 0 spiro atoms. The maximum absolute atomic E-state index is 12.9. The normalized spacial score (nSPS) is 12.9. The lowest BCUT2D eigenvalue weighted by Crippen LogP contribution is -2.50. The molecule has 0 aliphatic rings. The Hall–Kier alpha value is -3.28. The van der Waals surface area contributed by atoms with Gasteiger partial charge in [-0.1, -0.05) is 43.3 Å². The molecule has 0 bridgehead atoms. The number of aromatic nitrogens is 1. The number of H-pyrrole nitrogens is 1. The molecule has 0 radical (unpaired) electrons. The van der Waals surface area contributed by atoms with Crippen molar-refractivity contribution in [3.05, 3.63) is 66.4 Å². The number of urea groups is 1. The van der Waals surface area contributed by atoms with Gasteiger partial charge in [-0.15, -0.1) is 0 Å². The molecule has 2 aromatic carbocycles. The van der Waals surface area contributed by atoms with Gasteiger partial charge in [0.25, 0.3) is 0 Å². The lowest BCUT2D eigenvalue weighted by Gasteiger charge is -2.20. The number of hydrogen-bond acceptors (Lipinski definition) is 2. The maximum Gasteiger partial charge on any atom is 0.315 e. The van der Waals surface area contributed by atoms with E-state index < -0.39 is 6.04 Å². The second kappa shape index (κ2) is 9.08. The van der Waals surface area contributed by atoms with E-state index in [4.69, 9.17) is 0 Å². The second-order valence-electron chi connectivity index (χ2n) is 6.90. The largest absolute Gasteiger partial charge is 0.361 e. The summed E-state index contributed by atoms with van der Waals surface area (Å²) in [7, 11) is 0. The highest BCUT2D eigenvalue weighted by molar-refractivity contribution is 5.97. The number of aromatic amines is 1. The molecular formula is C22H26N4O2. The number of hydrogen-bond donors (Lipinski definition) is 4. The molecule has 28 heavy (non-hydrogen) atoms. The summed E-state index contributed by atoms with van der Waals surface area (Å²) in [5.74, 6) is -0.254. The molecule has 3 rings (SSSR count). The molecule has 2 unspecified atom stereocenters. The number of amides is 3. The van der Waals surface area contributed by atoms with E-state index in [0.29, 0.717) is 12.1 Å². The minimum Gasteiger partial charge on any atom is -0.361 e. The van der Waals surface area contributed by atoms with Crippen LogP contribution in [0, 0.1) is 0 Å². The maximum atomic E-state index is 12.9. The summed E-state index contributed by atoms with van der Waals surface area (Å²) in [5, 5.41) is 9.62. The molecule has 146 valence electrons. The molecule has 4 N–H and O–H groups in total. The fourth-order valence-electron chi connectivity index (χ4n) is 3.01. The van der Waals surface area contributed by atoms with E-state index in [1.165, 1.54) is 0 Å². The Morgan fingerprint density at radius 1 is 1.00 bits per heavy atom. The third-order valence-corrected chi connectivity index (χ3v) is 4.75. The number of carbonyl (C=O) groups is 2. The van der Waals surface area contributed by atoms with Gasteiger partial charge in [0.2, 0.25) is 5.91 Å². The highest BCUT2D eigenvalue weighted by Crippen LogP contribution is 2.19. The highest BCUT2D eigenvalue weighted by Gasteiger charge is 2.23. The fraction of sp³-hybridized carbons (Fsp3) is 0.273. The van der Waals surface area contributed by atoms with Gasteiger partial charge in [-0.2, -0.15) is 0 Å². The van der Waals surface area contributed by atoms with Crippen LogP contribution in [0.1, 0.15) is 25.8 Å². The van der Waals surface area contributed by atoms with Crippen molar-refractivity contribution in [3.63, 3.8) is 0 Å². The van der Waals surface area contributed by atoms with Crippen LogP contribution in [0.25, 0.3) is 10.9 Å². The van der Waals surface area contributed by atoms with Gasteiger partial charge in [-0.05, 0) is 37.1 Å². The standard InChI is InChI=1S/C22H26N4O2/c1-3-15(2)24-22(28)26-20(21(27)25-17-9-5-4-6-10-17)13-16-14-23-19-12-8-7-11-18(16)19/h4-12,14-15,20,23H,3,13H2,1-2H3,(H,25,27)(H2,24,26,28). The number of para-hydroxylation sites is 2.